The Bertz CT molecular complexity index is 1460. The normalized spacial score (nSPS) is 18.2. The van der Waals surface area contributed by atoms with E-state index < -0.39 is 50.5 Å². The fourth-order valence-electron chi connectivity index (χ4n) is 4.68. The summed E-state index contributed by atoms with van der Waals surface area (Å²) in [6, 6.07) is 7.03. The first-order valence-corrected chi connectivity index (χ1v) is 13.7. The highest BCUT2D eigenvalue weighted by Crippen LogP contribution is 2.30. The van der Waals surface area contributed by atoms with E-state index >= 15 is 0 Å². The molecule has 0 saturated carbocycles. The zero-order valence-electron chi connectivity index (χ0n) is 20.4. The summed E-state index contributed by atoms with van der Waals surface area (Å²) in [6.07, 6.45) is -0.572. The predicted octanol–water partition coefficient (Wildman–Crippen LogP) is 1.78. The molecule has 1 heterocycles. The Labute approximate surface area is 212 Å². The van der Waals surface area contributed by atoms with Crippen LogP contribution in [0.1, 0.15) is 35.2 Å². The van der Waals surface area contributed by atoms with Gasteiger partial charge >= 0.3 is 0 Å². The molecule has 0 saturated heterocycles. The number of hydrogen-bond donors (Lipinski definition) is 3. The van der Waals surface area contributed by atoms with Crippen molar-refractivity contribution in [3.8, 4) is 5.75 Å². The topological polar surface area (TPSA) is 122 Å². The third kappa shape index (κ3) is 5.89. The Morgan fingerprint density at radius 2 is 1.78 bits per heavy atom. The molecule has 0 spiro atoms. The first kappa shape index (κ1) is 26.9. The monoisotopic (exact) mass is 534 g/mol. The molecular weight excluding hydrogens is 506 g/mol. The first-order valence-electron chi connectivity index (χ1n) is 11.8. The summed E-state index contributed by atoms with van der Waals surface area (Å²) in [5, 5.41) is 17.0. The number of benzene rings is 2. The smallest absolute Gasteiger partial charge is 0.271 e. The summed E-state index contributed by atoms with van der Waals surface area (Å²) >= 11 is 0. The van der Waals surface area contributed by atoms with Gasteiger partial charge in [-0.2, -0.15) is 0 Å². The van der Waals surface area contributed by atoms with Crippen molar-refractivity contribution in [1.29, 1.82) is 0 Å². The summed E-state index contributed by atoms with van der Waals surface area (Å²) in [5.74, 6) is -2.02. The average Bonchev–Trinajstić information content (AvgIpc) is 2.84. The Hall–Kier alpha value is -3.15. The molecule has 0 fully saturated rings. The molecule has 3 N–H and O–H groups in total. The number of rotatable bonds is 10. The molecule has 3 aromatic rings. The molecule has 4 rings (SSSR count). The molecule has 11 heteroatoms. The lowest BCUT2D eigenvalue weighted by molar-refractivity contribution is 0.145. The van der Waals surface area contributed by atoms with Crippen LogP contribution in [-0.2, 0) is 28.4 Å². The summed E-state index contributed by atoms with van der Waals surface area (Å²) in [4.78, 5) is 23.9. The summed E-state index contributed by atoms with van der Waals surface area (Å²) in [6.45, 7) is 1.89. The van der Waals surface area contributed by atoms with E-state index in [4.69, 9.17) is 4.74 Å². The van der Waals surface area contributed by atoms with Crippen molar-refractivity contribution in [2.75, 3.05) is 24.7 Å². The number of methoxy groups -OCH3 is 1. The Morgan fingerprint density at radius 1 is 1.08 bits per heavy atom. The van der Waals surface area contributed by atoms with Gasteiger partial charge in [0.1, 0.15) is 17.3 Å². The van der Waals surface area contributed by atoms with Crippen molar-refractivity contribution in [1.82, 2.24) is 5.32 Å². The molecule has 0 bridgehead atoms. The van der Waals surface area contributed by atoms with Crippen LogP contribution in [0.25, 0.3) is 0 Å². The third-order valence-corrected chi connectivity index (χ3v) is 8.20. The third-order valence-electron chi connectivity index (χ3n) is 6.61. The van der Waals surface area contributed by atoms with E-state index in [0.29, 0.717) is 5.56 Å². The van der Waals surface area contributed by atoms with Crippen molar-refractivity contribution >= 4 is 15.5 Å². The first-order chi connectivity index (χ1) is 17.5. The van der Waals surface area contributed by atoms with Crippen LogP contribution in [0.5, 0.6) is 5.75 Å². The molecule has 8 nitrogen and oxygen atoms in total. The number of ether oxygens (including phenoxy) is 1. The lowest BCUT2D eigenvalue weighted by Gasteiger charge is -2.31. The Balaban J connectivity index is 1.58. The molecule has 0 aromatic heterocycles. The van der Waals surface area contributed by atoms with Crippen molar-refractivity contribution < 1.29 is 27.0 Å². The minimum Gasteiger partial charge on any atom is -0.491 e. The Kier molecular flexibility index (Phi) is 7.77. The average molecular weight is 535 g/mol. The van der Waals surface area contributed by atoms with E-state index in [1.807, 2.05) is 19.1 Å². The molecule has 0 radical (unpaired) electrons. The highest BCUT2D eigenvalue weighted by Gasteiger charge is 2.32. The molecule has 3 unspecified atom stereocenters. The fourth-order valence-corrected chi connectivity index (χ4v) is 6.34. The number of halogens is 2. The van der Waals surface area contributed by atoms with Crippen molar-refractivity contribution in [3.05, 3.63) is 90.7 Å². The molecule has 1 aliphatic rings. The number of anilines is 1. The maximum absolute atomic E-state index is 13.8. The van der Waals surface area contributed by atoms with Crippen LogP contribution in [0.15, 0.2) is 46.0 Å². The van der Waals surface area contributed by atoms with Gasteiger partial charge in [-0.05, 0) is 47.2 Å². The van der Waals surface area contributed by atoms with Crippen LogP contribution in [0.2, 0.25) is 0 Å². The second-order valence-corrected chi connectivity index (χ2v) is 11.4. The minimum absolute atomic E-state index is 0.0630. The van der Waals surface area contributed by atoms with Crippen LogP contribution < -0.4 is 26.2 Å². The highest BCUT2D eigenvalue weighted by atomic mass is 32.2. The Morgan fingerprint density at radius 3 is 2.43 bits per heavy atom. The van der Waals surface area contributed by atoms with Gasteiger partial charge in [0.2, 0.25) is 0 Å². The number of sulfone groups is 1. The summed E-state index contributed by atoms with van der Waals surface area (Å²) in [7, 11) is -2.15. The molecule has 0 amide bonds. The van der Waals surface area contributed by atoms with Gasteiger partial charge in [-0.15, -0.1) is 0 Å². The van der Waals surface area contributed by atoms with Gasteiger partial charge in [-0.3, -0.25) is 9.59 Å². The fraction of sp³-hybridized carbons (Fsp3) is 0.385. The van der Waals surface area contributed by atoms with Gasteiger partial charge in [0.05, 0.1) is 30.8 Å². The second-order valence-electron chi connectivity index (χ2n) is 9.27. The zero-order chi connectivity index (χ0) is 26.9. The molecular formula is C26H28F2N2O6S. The second kappa shape index (κ2) is 10.7. The number of aliphatic hydroxyl groups excluding tert-OH is 1. The molecule has 3 aromatic carbocycles. The van der Waals surface area contributed by atoms with Gasteiger partial charge in [-0.1, -0.05) is 25.1 Å². The minimum atomic E-state index is -3.38. The lowest BCUT2D eigenvalue weighted by Crippen LogP contribution is -2.47. The largest absolute Gasteiger partial charge is 0.491 e. The standard InChI is InChI=1S/C26H28F2N2O6S/c1-3-14-4-5-16-12-37(34,35)13-21(19(16)8-14)29-11-22(31)20(9-15-6-17(27)10-18(28)7-15)30-23-24(32)25(33)26(23)36-2/h4-8,10,20-22,29-31H,3,9,11-13H2,1-2H3. The predicted molar refractivity (Wildman–Crippen MR) is 135 cm³/mol. The zero-order valence-corrected chi connectivity index (χ0v) is 21.2. The van der Waals surface area contributed by atoms with Crippen LogP contribution in [-0.4, -0.2) is 45.1 Å². The molecule has 0 aliphatic carbocycles. The number of aliphatic hydroxyl groups is 1. The maximum Gasteiger partial charge on any atom is 0.271 e. The number of aryl methyl sites for hydroxylation is 1. The molecule has 37 heavy (non-hydrogen) atoms. The van der Waals surface area contributed by atoms with Crippen LogP contribution >= 0.6 is 0 Å². The van der Waals surface area contributed by atoms with E-state index in [-0.39, 0.29) is 41.5 Å². The SMILES string of the molecule is CCc1ccc2c(c1)C(NCC(O)C(Cc1cc(F)cc(F)c1)Nc1c(OC)c(=O)c1=O)CS(=O)(=O)C2. The van der Waals surface area contributed by atoms with Gasteiger partial charge in [0, 0.05) is 18.7 Å². The van der Waals surface area contributed by atoms with Gasteiger partial charge in [-0.25, -0.2) is 17.2 Å². The van der Waals surface area contributed by atoms with E-state index in [0.717, 1.165) is 35.7 Å². The number of hydrogen-bond acceptors (Lipinski definition) is 8. The van der Waals surface area contributed by atoms with E-state index in [9.17, 15) is 31.9 Å². The quantitative estimate of drug-likeness (QED) is 0.337. The van der Waals surface area contributed by atoms with Crippen molar-refractivity contribution in [3.63, 3.8) is 0 Å². The van der Waals surface area contributed by atoms with Gasteiger partial charge < -0.3 is 20.5 Å². The molecule has 3 atom stereocenters. The lowest BCUT2D eigenvalue weighted by atomic mass is 9.96. The van der Waals surface area contributed by atoms with Gasteiger partial charge in [0.15, 0.2) is 15.6 Å². The summed E-state index contributed by atoms with van der Waals surface area (Å²) < 4.78 is 57.6. The van der Waals surface area contributed by atoms with E-state index in [1.165, 1.54) is 7.11 Å². The van der Waals surface area contributed by atoms with Crippen molar-refractivity contribution in [2.45, 2.75) is 43.7 Å². The van der Waals surface area contributed by atoms with Crippen LogP contribution in [0.4, 0.5) is 14.5 Å². The van der Waals surface area contributed by atoms with Crippen LogP contribution in [0, 0.1) is 11.6 Å². The van der Waals surface area contributed by atoms with E-state index in [2.05, 4.69) is 10.6 Å². The van der Waals surface area contributed by atoms with Crippen molar-refractivity contribution in [2.24, 2.45) is 0 Å². The molecule has 198 valence electrons. The maximum atomic E-state index is 13.8. The number of nitrogens with one attached hydrogen (secondary N) is 2. The number of fused-ring (bicyclic) bond motifs is 1. The molecule has 1 aliphatic heterocycles. The van der Waals surface area contributed by atoms with E-state index in [1.54, 1.807) is 6.07 Å². The van der Waals surface area contributed by atoms with Crippen LogP contribution in [0.3, 0.4) is 0 Å². The summed E-state index contributed by atoms with van der Waals surface area (Å²) in [5.41, 5.74) is 1.01. The highest BCUT2D eigenvalue weighted by molar-refractivity contribution is 7.90. The van der Waals surface area contributed by atoms with Gasteiger partial charge in [0.25, 0.3) is 10.9 Å².